The molecule has 0 saturated carbocycles. The number of amides is 1. The lowest BCUT2D eigenvalue weighted by Gasteiger charge is -2.36. The Hall–Kier alpha value is -2.71. The minimum absolute atomic E-state index is 0.0368. The maximum atomic E-state index is 13.8. The van der Waals surface area contributed by atoms with Gasteiger partial charge in [-0.2, -0.15) is 5.10 Å². The molecule has 29 heavy (non-hydrogen) atoms. The first-order valence-electron chi connectivity index (χ1n) is 9.36. The molecular formula is C20H19ClFN5O2. The summed E-state index contributed by atoms with van der Waals surface area (Å²) in [5, 5.41) is 5.12. The lowest BCUT2D eigenvalue weighted by atomic mass is 10.1. The average Bonchev–Trinajstić information content (AvgIpc) is 3.22. The van der Waals surface area contributed by atoms with Crippen molar-refractivity contribution in [1.82, 2.24) is 24.4 Å². The van der Waals surface area contributed by atoms with Crippen LogP contribution in [0.15, 0.2) is 24.4 Å². The lowest BCUT2D eigenvalue weighted by Crippen LogP contribution is -2.51. The molecule has 1 amide bonds. The minimum atomic E-state index is -0.428. The highest BCUT2D eigenvalue weighted by Gasteiger charge is 2.32. The Labute approximate surface area is 171 Å². The number of aromatic nitrogens is 3. The van der Waals surface area contributed by atoms with Gasteiger partial charge < -0.3 is 9.64 Å². The number of hydrogen-bond donors (Lipinski definition) is 0. The number of benzene rings is 1. The standard InChI is InChI=1S/C20H19ClFN5O2/c1-11-16(21)6-23-19-15-9-26(10-17(15)24-27(11)19)20(28)14-4-3-12(22)5-18(14)29-13-7-25(2)8-13/h3-6,13H,7-10H2,1-2H3. The number of likely N-dealkylation sites (N-methyl/N-ethyl adjacent to an activating group) is 1. The SMILES string of the molecule is Cc1c(Cl)cnc2c3c(nn12)CN(C(=O)c1ccc(F)cc1OC1CN(C)C1)C3. The first kappa shape index (κ1) is 18.3. The predicted molar refractivity (Wildman–Crippen MR) is 105 cm³/mol. The van der Waals surface area contributed by atoms with Crippen LogP contribution in [0.1, 0.15) is 27.3 Å². The fraction of sp³-hybridized carbons (Fsp3) is 0.350. The summed E-state index contributed by atoms with van der Waals surface area (Å²) in [6.07, 6.45) is 1.56. The molecule has 0 bridgehead atoms. The fourth-order valence-electron chi connectivity index (χ4n) is 3.86. The number of likely N-dealkylation sites (tertiary alicyclic amines) is 1. The van der Waals surface area contributed by atoms with E-state index in [9.17, 15) is 9.18 Å². The van der Waals surface area contributed by atoms with E-state index in [1.807, 2.05) is 14.0 Å². The van der Waals surface area contributed by atoms with Gasteiger partial charge in [-0.1, -0.05) is 11.6 Å². The van der Waals surface area contributed by atoms with Crippen molar-refractivity contribution in [3.05, 3.63) is 57.8 Å². The van der Waals surface area contributed by atoms with E-state index in [4.69, 9.17) is 16.3 Å². The van der Waals surface area contributed by atoms with E-state index < -0.39 is 5.82 Å². The molecule has 9 heteroatoms. The molecule has 7 nitrogen and oxygen atoms in total. The van der Waals surface area contributed by atoms with Gasteiger partial charge in [-0.05, 0) is 26.1 Å². The van der Waals surface area contributed by atoms with Crippen LogP contribution in [0.4, 0.5) is 4.39 Å². The van der Waals surface area contributed by atoms with Gasteiger partial charge >= 0.3 is 0 Å². The van der Waals surface area contributed by atoms with Crippen molar-refractivity contribution < 1.29 is 13.9 Å². The summed E-state index contributed by atoms with van der Waals surface area (Å²) in [6.45, 7) is 4.13. The minimum Gasteiger partial charge on any atom is -0.487 e. The molecule has 3 aromatic rings. The second kappa shape index (κ2) is 6.67. The van der Waals surface area contributed by atoms with E-state index in [0.717, 1.165) is 30.0 Å². The number of aryl methyl sites for hydroxylation is 1. The third-order valence-corrected chi connectivity index (χ3v) is 5.85. The number of carbonyl (C=O) groups excluding carboxylic acids is 1. The molecule has 5 rings (SSSR count). The Kier molecular flexibility index (Phi) is 4.22. The average molecular weight is 416 g/mol. The Morgan fingerprint density at radius 1 is 1.31 bits per heavy atom. The predicted octanol–water partition coefficient (Wildman–Crippen LogP) is 2.68. The first-order chi connectivity index (χ1) is 13.9. The molecule has 0 atom stereocenters. The van der Waals surface area contributed by atoms with Crippen LogP contribution in [0.2, 0.25) is 5.02 Å². The summed E-state index contributed by atoms with van der Waals surface area (Å²) >= 11 is 6.13. The number of carbonyl (C=O) groups is 1. The van der Waals surface area contributed by atoms with Crippen molar-refractivity contribution >= 4 is 23.2 Å². The summed E-state index contributed by atoms with van der Waals surface area (Å²) in [5.74, 6) is -0.356. The van der Waals surface area contributed by atoms with Gasteiger partial charge in [0.1, 0.15) is 17.7 Å². The molecule has 0 aliphatic carbocycles. The Balaban J connectivity index is 1.42. The maximum Gasteiger partial charge on any atom is 0.258 e. The van der Waals surface area contributed by atoms with Crippen molar-refractivity contribution in [2.75, 3.05) is 20.1 Å². The topological polar surface area (TPSA) is 63.0 Å². The van der Waals surface area contributed by atoms with Gasteiger partial charge in [-0.3, -0.25) is 9.69 Å². The van der Waals surface area contributed by atoms with Crippen LogP contribution in [-0.4, -0.2) is 56.5 Å². The largest absolute Gasteiger partial charge is 0.487 e. The molecule has 1 saturated heterocycles. The zero-order chi connectivity index (χ0) is 20.3. The molecule has 0 N–H and O–H groups in total. The summed E-state index contributed by atoms with van der Waals surface area (Å²) in [4.78, 5) is 21.3. The van der Waals surface area contributed by atoms with E-state index in [1.165, 1.54) is 18.2 Å². The molecule has 2 aliphatic rings. The smallest absolute Gasteiger partial charge is 0.258 e. The number of fused-ring (bicyclic) bond motifs is 3. The molecule has 4 heterocycles. The third kappa shape index (κ3) is 3.03. The molecule has 1 fully saturated rings. The van der Waals surface area contributed by atoms with E-state index in [0.29, 0.717) is 29.3 Å². The second-order valence-electron chi connectivity index (χ2n) is 7.61. The molecule has 0 spiro atoms. The highest BCUT2D eigenvalue weighted by Crippen LogP contribution is 2.31. The second-order valence-corrected chi connectivity index (χ2v) is 8.02. The van der Waals surface area contributed by atoms with Gasteiger partial charge in [0.25, 0.3) is 5.91 Å². The van der Waals surface area contributed by atoms with Crippen molar-refractivity contribution in [3.8, 4) is 5.75 Å². The normalized spacial score (nSPS) is 16.9. The molecule has 0 radical (unpaired) electrons. The van der Waals surface area contributed by atoms with Crippen LogP contribution in [0, 0.1) is 12.7 Å². The van der Waals surface area contributed by atoms with E-state index in [-0.39, 0.29) is 17.8 Å². The number of ether oxygens (including phenoxy) is 1. The number of nitrogens with zero attached hydrogens (tertiary/aromatic N) is 5. The lowest BCUT2D eigenvalue weighted by molar-refractivity contribution is 0.0371. The first-order valence-corrected chi connectivity index (χ1v) is 9.74. The highest BCUT2D eigenvalue weighted by atomic mass is 35.5. The monoisotopic (exact) mass is 415 g/mol. The van der Waals surface area contributed by atoms with Gasteiger partial charge in [0.2, 0.25) is 0 Å². The van der Waals surface area contributed by atoms with E-state index in [2.05, 4.69) is 15.0 Å². The van der Waals surface area contributed by atoms with Crippen LogP contribution in [-0.2, 0) is 13.1 Å². The molecule has 0 unspecified atom stereocenters. The molecule has 2 aliphatic heterocycles. The summed E-state index contributed by atoms with van der Waals surface area (Å²) in [7, 11) is 1.98. The molecule has 2 aromatic heterocycles. The van der Waals surface area contributed by atoms with E-state index in [1.54, 1.807) is 15.6 Å². The number of halogens is 2. The Morgan fingerprint density at radius 2 is 2.10 bits per heavy atom. The molecule has 1 aromatic carbocycles. The van der Waals surface area contributed by atoms with E-state index >= 15 is 0 Å². The summed E-state index contributed by atoms with van der Waals surface area (Å²) in [5.41, 5.74) is 3.56. The highest BCUT2D eigenvalue weighted by molar-refractivity contribution is 6.31. The van der Waals surface area contributed by atoms with Crippen molar-refractivity contribution in [2.45, 2.75) is 26.1 Å². The number of hydrogen-bond acceptors (Lipinski definition) is 5. The van der Waals surface area contributed by atoms with Gasteiger partial charge in [0, 0.05) is 30.9 Å². The van der Waals surface area contributed by atoms with Crippen molar-refractivity contribution in [1.29, 1.82) is 0 Å². The van der Waals surface area contributed by atoms with Crippen LogP contribution >= 0.6 is 11.6 Å². The van der Waals surface area contributed by atoms with Crippen LogP contribution in [0.3, 0.4) is 0 Å². The summed E-state index contributed by atoms with van der Waals surface area (Å²) in [6, 6.07) is 4.05. The molecular weight excluding hydrogens is 397 g/mol. The zero-order valence-electron chi connectivity index (χ0n) is 16.0. The third-order valence-electron chi connectivity index (χ3n) is 5.48. The van der Waals surface area contributed by atoms with Gasteiger partial charge in [-0.25, -0.2) is 13.9 Å². The fourth-order valence-corrected chi connectivity index (χ4v) is 3.99. The van der Waals surface area contributed by atoms with Gasteiger partial charge in [0.15, 0.2) is 5.65 Å². The maximum absolute atomic E-state index is 13.8. The Morgan fingerprint density at radius 3 is 2.86 bits per heavy atom. The summed E-state index contributed by atoms with van der Waals surface area (Å²) < 4.78 is 21.4. The van der Waals surface area contributed by atoms with Crippen LogP contribution in [0.25, 0.3) is 5.65 Å². The van der Waals surface area contributed by atoms with Crippen LogP contribution in [0.5, 0.6) is 5.75 Å². The molecule has 150 valence electrons. The van der Waals surface area contributed by atoms with Crippen LogP contribution < -0.4 is 4.74 Å². The van der Waals surface area contributed by atoms with Crippen molar-refractivity contribution in [3.63, 3.8) is 0 Å². The zero-order valence-corrected chi connectivity index (χ0v) is 16.8. The Bertz CT molecular complexity index is 1140. The van der Waals surface area contributed by atoms with Crippen molar-refractivity contribution in [2.24, 2.45) is 0 Å². The quantitative estimate of drug-likeness (QED) is 0.658. The van der Waals surface area contributed by atoms with Gasteiger partial charge in [-0.15, -0.1) is 0 Å². The van der Waals surface area contributed by atoms with Gasteiger partial charge in [0.05, 0.1) is 35.1 Å². The number of rotatable bonds is 3.